The van der Waals surface area contributed by atoms with E-state index in [0.29, 0.717) is 24.1 Å². The van der Waals surface area contributed by atoms with Crippen LogP contribution in [0.15, 0.2) is 48.5 Å². The first kappa shape index (κ1) is 18.9. The molecule has 142 valence electrons. The van der Waals surface area contributed by atoms with Gasteiger partial charge in [-0.3, -0.25) is 9.59 Å². The predicted molar refractivity (Wildman–Crippen MR) is 99.9 cm³/mol. The number of carbonyl (C=O) groups excluding carboxylic acids is 2. The van der Waals surface area contributed by atoms with Gasteiger partial charge in [0, 0.05) is 18.7 Å². The molecular formula is C21H23FN2O3. The summed E-state index contributed by atoms with van der Waals surface area (Å²) in [6.45, 7) is 2.50. The van der Waals surface area contributed by atoms with Gasteiger partial charge in [-0.1, -0.05) is 24.3 Å². The van der Waals surface area contributed by atoms with E-state index in [2.05, 4.69) is 5.32 Å². The second-order valence-corrected chi connectivity index (χ2v) is 6.85. The fourth-order valence-electron chi connectivity index (χ4n) is 3.45. The molecule has 0 aromatic heterocycles. The van der Waals surface area contributed by atoms with Gasteiger partial charge in [0.15, 0.2) is 11.6 Å². The Kier molecular flexibility index (Phi) is 5.44. The van der Waals surface area contributed by atoms with Crippen LogP contribution in [0.3, 0.4) is 0 Å². The average molecular weight is 370 g/mol. The highest BCUT2D eigenvalue weighted by Crippen LogP contribution is 2.31. The summed E-state index contributed by atoms with van der Waals surface area (Å²) >= 11 is 0. The third kappa shape index (κ3) is 3.79. The normalized spacial score (nSPS) is 19.0. The van der Waals surface area contributed by atoms with Crippen molar-refractivity contribution in [3.63, 3.8) is 0 Å². The van der Waals surface area contributed by atoms with Crippen molar-refractivity contribution in [3.05, 3.63) is 65.5 Å². The third-order valence-electron chi connectivity index (χ3n) is 5.07. The highest BCUT2D eigenvalue weighted by atomic mass is 19.1. The zero-order valence-electron chi connectivity index (χ0n) is 15.5. The molecule has 0 saturated carbocycles. The van der Waals surface area contributed by atoms with Gasteiger partial charge in [-0.2, -0.15) is 0 Å². The Morgan fingerprint density at radius 1 is 1.22 bits per heavy atom. The summed E-state index contributed by atoms with van der Waals surface area (Å²) in [5.41, 5.74) is 0.276. The lowest BCUT2D eigenvalue weighted by atomic mass is 9.96. The number of nitrogens with zero attached hydrogens (tertiary/aromatic N) is 1. The molecule has 1 atom stereocenters. The molecular weight excluding hydrogens is 347 g/mol. The fourth-order valence-corrected chi connectivity index (χ4v) is 3.45. The molecule has 6 heteroatoms. The van der Waals surface area contributed by atoms with Gasteiger partial charge in [0.2, 0.25) is 5.91 Å². The summed E-state index contributed by atoms with van der Waals surface area (Å²) < 4.78 is 18.7. The van der Waals surface area contributed by atoms with Crippen LogP contribution >= 0.6 is 0 Å². The van der Waals surface area contributed by atoms with Gasteiger partial charge >= 0.3 is 0 Å². The van der Waals surface area contributed by atoms with Crippen LogP contribution in [0.4, 0.5) is 4.39 Å². The summed E-state index contributed by atoms with van der Waals surface area (Å²) in [5, 5.41) is 2.84. The molecule has 5 nitrogen and oxygen atoms in total. The number of hydrogen-bond acceptors (Lipinski definition) is 3. The van der Waals surface area contributed by atoms with Crippen LogP contribution in [0.1, 0.15) is 35.7 Å². The van der Waals surface area contributed by atoms with Crippen molar-refractivity contribution < 1.29 is 18.7 Å². The molecule has 1 unspecified atom stereocenters. The van der Waals surface area contributed by atoms with E-state index in [-0.39, 0.29) is 24.1 Å². The van der Waals surface area contributed by atoms with Crippen LogP contribution < -0.4 is 10.1 Å². The lowest BCUT2D eigenvalue weighted by Crippen LogP contribution is -2.55. The van der Waals surface area contributed by atoms with E-state index in [1.54, 1.807) is 42.2 Å². The number of rotatable bonds is 5. The second-order valence-electron chi connectivity index (χ2n) is 6.85. The molecule has 27 heavy (non-hydrogen) atoms. The highest BCUT2D eigenvalue weighted by Gasteiger charge is 2.45. The number of carbonyl (C=O) groups is 2. The Labute approximate surface area is 158 Å². The molecule has 1 saturated heterocycles. The van der Waals surface area contributed by atoms with Crippen LogP contribution in [-0.4, -0.2) is 35.9 Å². The van der Waals surface area contributed by atoms with Crippen LogP contribution in [0.25, 0.3) is 0 Å². The molecule has 1 N–H and O–H groups in total. The molecule has 3 rings (SSSR count). The lowest BCUT2D eigenvalue weighted by Gasteiger charge is -2.34. The molecule has 0 aliphatic carbocycles. The van der Waals surface area contributed by atoms with Crippen molar-refractivity contribution in [1.29, 1.82) is 0 Å². The van der Waals surface area contributed by atoms with Crippen LogP contribution in [0.5, 0.6) is 5.75 Å². The monoisotopic (exact) mass is 370 g/mol. The van der Waals surface area contributed by atoms with Crippen molar-refractivity contribution in [2.24, 2.45) is 0 Å². The Hall–Kier alpha value is -2.89. The molecule has 2 aromatic rings. The first-order chi connectivity index (χ1) is 13.0. The van der Waals surface area contributed by atoms with E-state index in [9.17, 15) is 14.0 Å². The molecule has 0 radical (unpaired) electrons. The van der Waals surface area contributed by atoms with Gasteiger partial charge in [-0.25, -0.2) is 4.39 Å². The summed E-state index contributed by atoms with van der Waals surface area (Å²) in [6.07, 6.45) is 1.36. The molecule has 1 aliphatic rings. The first-order valence-corrected chi connectivity index (χ1v) is 8.93. The van der Waals surface area contributed by atoms with Crippen molar-refractivity contribution in [2.45, 2.75) is 31.8 Å². The van der Waals surface area contributed by atoms with Crippen molar-refractivity contribution in [3.8, 4) is 5.75 Å². The summed E-state index contributed by atoms with van der Waals surface area (Å²) in [7, 11) is 1.40. The number of nitrogens with one attached hydrogen (secondary N) is 1. The average Bonchev–Trinajstić information content (AvgIpc) is 3.09. The minimum Gasteiger partial charge on any atom is -0.494 e. The number of likely N-dealkylation sites (tertiary alicyclic amines) is 1. The molecule has 0 bridgehead atoms. The van der Waals surface area contributed by atoms with E-state index in [0.717, 1.165) is 6.42 Å². The second kappa shape index (κ2) is 7.78. The van der Waals surface area contributed by atoms with Crippen molar-refractivity contribution >= 4 is 11.8 Å². The number of hydrogen-bond donors (Lipinski definition) is 1. The van der Waals surface area contributed by atoms with E-state index in [1.165, 1.54) is 19.2 Å². The Balaban J connectivity index is 1.70. The van der Waals surface area contributed by atoms with Crippen LogP contribution in [-0.2, 0) is 11.3 Å². The van der Waals surface area contributed by atoms with Gasteiger partial charge < -0.3 is 15.0 Å². The van der Waals surface area contributed by atoms with Crippen molar-refractivity contribution in [2.75, 3.05) is 13.7 Å². The highest BCUT2D eigenvalue weighted by molar-refractivity contribution is 5.99. The van der Waals surface area contributed by atoms with Gasteiger partial charge in [0.25, 0.3) is 5.91 Å². The quantitative estimate of drug-likeness (QED) is 0.880. The summed E-state index contributed by atoms with van der Waals surface area (Å²) in [6, 6.07) is 13.5. The number of halogens is 1. The number of amides is 2. The third-order valence-corrected chi connectivity index (χ3v) is 5.07. The summed E-state index contributed by atoms with van der Waals surface area (Å²) in [4.78, 5) is 27.3. The molecule has 2 aromatic carbocycles. The SMILES string of the molecule is COc1ccc(CNC(=O)C2(C)CCCN2C(=O)c2ccccc2)cc1F. The van der Waals surface area contributed by atoms with Gasteiger partial charge in [-0.05, 0) is 49.6 Å². The number of benzene rings is 2. The van der Waals surface area contributed by atoms with Crippen molar-refractivity contribution in [1.82, 2.24) is 10.2 Å². The van der Waals surface area contributed by atoms with E-state index in [1.807, 2.05) is 6.07 Å². The standard InChI is InChI=1S/C21H23FN2O3/c1-21(11-6-12-24(21)19(25)16-7-4-3-5-8-16)20(26)23-14-15-9-10-18(27-2)17(22)13-15/h3-5,7-10,13H,6,11-12,14H2,1-2H3,(H,23,26). The van der Waals surface area contributed by atoms with E-state index >= 15 is 0 Å². The van der Waals surface area contributed by atoms with Gasteiger partial charge in [0.05, 0.1) is 7.11 Å². The largest absolute Gasteiger partial charge is 0.494 e. The molecule has 2 amide bonds. The Morgan fingerprint density at radius 2 is 1.96 bits per heavy atom. The molecule has 1 heterocycles. The first-order valence-electron chi connectivity index (χ1n) is 8.93. The van der Waals surface area contributed by atoms with Gasteiger partial charge in [-0.15, -0.1) is 0 Å². The number of methoxy groups -OCH3 is 1. The van der Waals surface area contributed by atoms with E-state index in [4.69, 9.17) is 4.74 Å². The maximum Gasteiger partial charge on any atom is 0.254 e. The zero-order chi connectivity index (χ0) is 19.4. The molecule has 1 fully saturated rings. The minimum absolute atomic E-state index is 0.152. The van der Waals surface area contributed by atoms with E-state index < -0.39 is 11.4 Å². The Bertz CT molecular complexity index is 841. The maximum absolute atomic E-state index is 13.8. The minimum atomic E-state index is -0.919. The smallest absolute Gasteiger partial charge is 0.254 e. The van der Waals surface area contributed by atoms with Crippen LogP contribution in [0, 0.1) is 5.82 Å². The Morgan fingerprint density at radius 3 is 2.63 bits per heavy atom. The van der Waals surface area contributed by atoms with Crippen LogP contribution in [0.2, 0.25) is 0 Å². The molecule has 0 spiro atoms. The zero-order valence-corrected chi connectivity index (χ0v) is 15.5. The molecule has 1 aliphatic heterocycles. The van der Waals surface area contributed by atoms with Gasteiger partial charge in [0.1, 0.15) is 5.54 Å². The summed E-state index contributed by atoms with van der Waals surface area (Å²) in [5.74, 6) is -0.702. The topological polar surface area (TPSA) is 58.6 Å². The predicted octanol–water partition coefficient (Wildman–Crippen LogP) is 3.15. The number of ether oxygens (including phenoxy) is 1. The lowest BCUT2D eigenvalue weighted by molar-refractivity contribution is -0.130. The fraction of sp³-hybridized carbons (Fsp3) is 0.333. The maximum atomic E-state index is 13.8.